The number of carboxylic acid groups (broad SMARTS) is 1. The van der Waals surface area contributed by atoms with Crippen molar-refractivity contribution in [2.45, 2.75) is 43.0 Å². The lowest BCUT2D eigenvalue weighted by Crippen LogP contribution is -2.60. The Balaban J connectivity index is 1.35. The van der Waals surface area contributed by atoms with Gasteiger partial charge < -0.3 is 10.0 Å². The Kier molecular flexibility index (Phi) is 7.94. The molecule has 2 aliphatic rings. The first-order valence-electron chi connectivity index (χ1n) is 14.1. The number of amides is 1. The predicted octanol–water partition coefficient (Wildman–Crippen LogP) is 6.16. The molecule has 1 N–H and O–H groups in total. The van der Waals surface area contributed by atoms with E-state index in [0.29, 0.717) is 11.4 Å². The number of pyridine rings is 1. The number of thiophene rings is 1. The second kappa shape index (κ2) is 11.8. The van der Waals surface area contributed by atoms with Gasteiger partial charge >= 0.3 is 5.97 Å². The standard InChI is InChI=1S/C32H31N3O5S2/c36-30-21-34(42(39,40)25-16-17-26(33-19-25)22-10-4-1-5-11-22)20-28(23-12-6-2-7-13-23)35(30)27-18-29(41-31(27)32(37)38)24-14-8-3-9-15-24/h1,3-5,8-11,14-19,23,28H,2,6-7,12-13,20-21H2,(H,37,38)/t28-/m0/s1. The molecule has 42 heavy (non-hydrogen) atoms. The van der Waals surface area contributed by atoms with Crippen LogP contribution in [0.2, 0.25) is 0 Å². The number of benzene rings is 2. The van der Waals surface area contributed by atoms with E-state index < -0.39 is 27.9 Å². The van der Waals surface area contributed by atoms with Crippen LogP contribution in [-0.2, 0) is 14.8 Å². The maximum absolute atomic E-state index is 13.9. The van der Waals surface area contributed by atoms with Crippen molar-refractivity contribution < 1.29 is 23.1 Å². The average molecular weight is 602 g/mol. The number of hydrogen-bond acceptors (Lipinski definition) is 6. The molecule has 2 fully saturated rings. The Bertz CT molecular complexity index is 1680. The van der Waals surface area contributed by atoms with Gasteiger partial charge in [-0.3, -0.25) is 9.78 Å². The second-order valence-electron chi connectivity index (χ2n) is 10.8. The number of carbonyl (C=O) groups is 2. The molecule has 0 spiro atoms. The van der Waals surface area contributed by atoms with Crippen molar-refractivity contribution >= 4 is 38.9 Å². The van der Waals surface area contributed by atoms with Crippen molar-refractivity contribution in [1.82, 2.24) is 9.29 Å². The normalized spacial score (nSPS) is 18.7. The van der Waals surface area contributed by atoms with Gasteiger partial charge in [0.1, 0.15) is 9.77 Å². The lowest BCUT2D eigenvalue weighted by atomic mass is 9.82. The number of aromatic carboxylic acids is 1. The summed E-state index contributed by atoms with van der Waals surface area (Å²) in [7, 11) is -4.03. The smallest absolute Gasteiger partial charge is 0.348 e. The van der Waals surface area contributed by atoms with Gasteiger partial charge in [0.05, 0.1) is 24.0 Å². The minimum atomic E-state index is -4.03. The Hall–Kier alpha value is -3.86. The van der Waals surface area contributed by atoms with E-state index in [-0.39, 0.29) is 28.8 Å². The molecule has 8 nitrogen and oxygen atoms in total. The van der Waals surface area contributed by atoms with E-state index >= 15 is 0 Å². The molecule has 1 saturated carbocycles. The molecule has 1 amide bonds. The maximum Gasteiger partial charge on any atom is 0.348 e. The third-order valence-corrected chi connectivity index (χ3v) is 11.1. The third-order valence-electron chi connectivity index (χ3n) is 8.16. The van der Waals surface area contributed by atoms with Gasteiger partial charge in [-0.15, -0.1) is 11.3 Å². The third kappa shape index (κ3) is 5.49. The van der Waals surface area contributed by atoms with Crippen molar-refractivity contribution in [3.63, 3.8) is 0 Å². The highest BCUT2D eigenvalue weighted by Crippen LogP contribution is 2.42. The SMILES string of the molecule is O=C(O)c1sc(-c2ccccc2)cc1N1C(=O)CN(S(=O)(=O)c2ccc(-c3ccccc3)nc2)C[C@H]1C1CCCCC1. The molecule has 1 atom stereocenters. The van der Waals surface area contributed by atoms with Crippen LogP contribution in [0.5, 0.6) is 0 Å². The molecule has 3 heterocycles. The first-order chi connectivity index (χ1) is 20.3. The van der Waals surface area contributed by atoms with Crippen LogP contribution in [0.3, 0.4) is 0 Å². The van der Waals surface area contributed by atoms with Gasteiger partial charge in [0, 0.05) is 23.2 Å². The van der Waals surface area contributed by atoms with Gasteiger partial charge in [0.2, 0.25) is 15.9 Å². The zero-order valence-electron chi connectivity index (χ0n) is 22.9. The molecule has 6 rings (SSSR count). The van der Waals surface area contributed by atoms with Crippen LogP contribution in [0.4, 0.5) is 5.69 Å². The van der Waals surface area contributed by atoms with Crippen LogP contribution >= 0.6 is 11.3 Å². The highest BCUT2D eigenvalue weighted by molar-refractivity contribution is 7.89. The van der Waals surface area contributed by atoms with Gasteiger partial charge in [0.15, 0.2) is 0 Å². The van der Waals surface area contributed by atoms with Gasteiger partial charge in [0.25, 0.3) is 0 Å². The molecule has 0 unspecified atom stereocenters. The monoisotopic (exact) mass is 601 g/mol. The van der Waals surface area contributed by atoms with Gasteiger partial charge in [-0.1, -0.05) is 79.9 Å². The largest absolute Gasteiger partial charge is 0.477 e. The summed E-state index contributed by atoms with van der Waals surface area (Å²) in [6, 6.07) is 23.5. The number of hydrogen-bond donors (Lipinski definition) is 1. The fourth-order valence-corrected chi connectivity index (χ4v) is 8.41. The topological polar surface area (TPSA) is 108 Å². The maximum atomic E-state index is 13.9. The number of rotatable bonds is 7. The molecule has 1 aliphatic carbocycles. The summed E-state index contributed by atoms with van der Waals surface area (Å²) < 4.78 is 28.9. The van der Waals surface area contributed by atoms with Crippen LogP contribution in [0, 0.1) is 5.92 Å². The summed E-state index contributed by atoms with van der Waals surface area (Å²) in [5.74, 6) is -1.47. The highest BCUT2D eigenvalue weighted by Gasteiger charge is 2.44. The quantitative estimate of drug-likeness (QED) is 0.272. The number of sulfonamides is 1. The van der Waals surface area contributed by atoms with Crippen LogP contribution in [-0.4, -0.2) is 53.8 Å². The van der Waals surface area contributed by atoms with Gasteiger partial charge in [-0.2, -0.15) is 4.31 Å². The number of piperazine rings is 1. The number of carbonyl (C=O) groups excluding carboxylic acids is 1. The zero-order valence-corrected chi connectivity index (χ0v) is 24.6. The molecule has 2 aromatic carbocycles. The van der Waals surface area contributed by atoms with E-state index in [0.717, 1.165) is 59.4 Å². The summed E-state index contributed by atoms with van der Waals surface area (Å²) in [5.41, 5.74) is 2.74. The molecule has 216 valence electrons. The molecule has 10 heteroatoms. The van der Waals surface area contributed by atoms with Crippen molar-refractivity contribution in [3.05, 3.63) is 89.9 Å². The second-order valence-corrected chi connectivity index (χ2v) is 13.8. The Labute approximate surface area is 249 Å². The van der Waals surface area contributed by atoms with Crippen LogP contribution in [0.15, 0.2) is 90.0 Å². The van der Waals surface area contributed by atoms with E-state index in [4.69, 9.17) is 0 Å². The summed E-state index contributed by atoms with van der Waals surface area (Å²) in [5, 5.41) is 10.1. The summed E-state index contributed by atoms with van der Waals surface area (Å²) in [6.07, 6.45) is 6.13. The van der Waals surface area contributed by atoms with Crippen LogP contribution in [0.25, 0.3) is 21.7 Å². The van der Waals surface area contributed by atoms with E-state index in [1.165, 1.54) is 16.6 Å². The minimum absolute atomic E-state index is 0.0268. The molecule has 0 bridgehead atoms. The molecule has 1 saturated heterocycles. The summed E-state index contributed by atoms with van der Waals surface area (Å²) in [4.78, 5) is 33.2. The molecule has 1 aliphatic heterocycles. The molecule has 4 aromatic rings. The number of nitrogens with zero attached hydrogens (tertiary/aromatic N) is 3. The van der Waals surface area contributed by atoms with E-state index in [2.05, 4.69) is 4.98 Å². The minimum Gasteiger partial charge on any atom is -0.477 e. The zero-order chi connectivity index (χ0) is 29.3. The average Bonchev–Trinajstić information content (AvgIpc) is 3.47. The van der Waals surface area contributed by atoms with Crippen LogP contribution < -0.4 is 4.90 Å². The Morgan fingerprint density at radius 1 is 0.905 bits per heavy atom. The van der Waals surface area contributed by atoms with Crippen molar-refractivity contribution in [1.29, 1.82) is 0 Å². The molecular formula is C32H31N3O5S2. The molecular weight excluding hydrogens is 571 g/mol. The van der Waals surface area contributed by atoms with Crippen molar-refractivity contribution in [2.75, 3.05) is 18.0 Å². The highest BCUT2D eigenvalue weighted by atomic mass is 32.2. The van der Waals surface area contributed by atoms with E-state index in [9.17, 15) is 23.1 Å². The van der Waals surface area contributed by atoms with Crippen LogP contribution in [0.1, 0.15) is 41.8 Å². The fraction of sp³-hybridized carbons (Fsp3) is 0.281. The fourth-order valence-electron chi connectivity index (χ4n) is 6.06. The number of anilines is 1. The number of aromatic nitrogens is 1. The van der Waals surface area contributed by atoms with Gasteiger partial charge in [-0.25, -0.2) is 13.2 Å². The van der Waals surface area contributed by atoms with E-state index in [1.807, 2.05) is 60.7 Å². The van der Waals surface area contributed by atoms with Crippen molar-refractivity contribution in [2.24, 2.45) is 5.92 Å². The first kappa shape index (κ1) is 28.3. The summed E-state index contributed by atoms with van der Waals surface area (Å²) >= 11 is 1.13. The van der Waals surface area contributed by atoms with Gasteiger partial charge in [-0.05, 0) is 42.5 Å². The van der Waals surface area contributed by atoms with E-state index in [1.54, 1.807) is 17.0 Å². The first-order valence-corrected chi connectivity index (χ1v) is 16.3. The number of carboxylic acids is 1. The molecule has 0 radical (unpaired) electrons. The predicted molar refractivity (Wildman–Crippen MR) is 163 cm³/mol. The Morgan fingerprint density at radius 2 is 1.57 bits per heavy atom. The Morgan fingerprint density at radius 3 is 2.19 bits per heavy atom. The lowest BCUT2D eigenvalue weighted by molar-refractivity contribution is -0.121. The molecule has 2 aromatic heterocycles. The van der Waals surface area contributed by atoms with Crippen molar-refractivity contribution in [3.8, 4) is 21.7 Å². The summed E-state index contributed by atoms with van der Waals surface area (Å²) in [6.45, 7) is -0.281. The lowest BCUT2D eigenvalue weighted by Gasteiger charge is -2.44.